The third-order valence-electron chi connectivity index (χ3n) is 7.76. The van der Waals surface area contributed by atoms with Gasteiger partial charge in [-0.1, -0.05) is 36.4 Å². The Morgan fingerprint density at radius 2 is 1.65 bits per heavy atom. The number of fused-ring (bicyclic) bond motifs is 1. The van der Waals surface area contributed by atoms with E-state index in [1.165, 1.54) is 44.5 Å². The van der Waals surface area contributed by atoms with Crippen molar-refractivity contribution in [2.24, 2.45) is 0 Å². The number of nitrogens with zero attached hydrogens (tertiary/aromatic N) is 1. The van der Waals surface area contributed by atoms with Crippen molar-refractivity contribution in [3.05, 3.63) is 112 Å². The molecule has 0 spiro atoms. The Kier molecular flexibility index (Phi) is 6.89. The Hall–Kier alpha value is -5.51. The minimum Gasteiger partial charge on any atom is -0.496 e. The van der Waals surface area contributed by atoms with E-state index in [0.29, 0.717) is 22.3 Å². The van der Waals surface area contributed by atoms with E-state index >= 15 is 0 Å². The minimum absolute atomic E-state index is 0.150. The largest absolute Gasteiger partial charge is 0.496 e. The first-order valence-corrected chi connectivity index (χ1v) is 13.6. The maximum atomic E-state index is 13.6. The van der Waals surface area contributed by atoms with Gasteiger partial charge in [-0.05, 0) is 66.4 Å². The number of hydrogen-bond donors (Lipinski definition) is 3. The molecule has 1 heterocycles. The van der Waals surface area contributed by atoms with Crippen LogP contribution in [0.1, 0.15) is 39.1 Å². The molecule has 43 heavy (non-hydrogen) atoms. The first kappa shape index (κ1) is 27.6. The zero-order valence-electron chi connectivity index (χ0n) is 23.3. The lowest BCUT2D eigenvalue weighted by Gasteiger charge is -2.19. The topological polar surface area (TPSA) is 121 Å². The fourth-order valence-corrected chi connectivity index (χ4v) is 5.38. The van der Waals surface area contributed by atoms with Crippen molar-refractivity contribution >= 4 is 28.5 Å². The molecule has 1 aromatic heterocycles. The van der Waals surface area contributed by atoms with Crippen molar-refractivity contribution in [1.82, 2.24) is 10.6 Å². The molecule has 6 rings (SSSR count). The van der Waals surface area contributed by atoms with Crippen molar-refractivity contribution in [2.45, 2.75) is 18.4 Å². The van der Waals surface area contributed by atoms with E-state index in [1.807, 2.05) is 30.3 Å². The van der Waals surface area contributed by atoms with Gasteiger partial charge >= 0.3 is 5.69 Å². The van der Waals surface area contributed by atoms with Crippen LogP contribution in [0.2, 0.25) is 0 Å². The molecule has 0 aliphatic heterocycles. The second-order valence-electron chi connectivity index (χ2n) is 10.3. The Morgan fingerprint density at radius 1 is 0.953 bits per heavy atom. The summed E-state index contributed by atoms with van der Waals surface area (Å²) in [6.07, 6.45) is 1.58. The number of ether oxygens (including phenoxy) is 1. The van der Waals surface area contributed by atoms with Gasteiger partial charge in [-0.2, -0.15) is 0 Å². The number of carbonyl (C=O) groups excluding carboxylic acids is 2. The molecule has 5 aromatic rings. The van der Waals surface area contributed by atoms with Crippen LogP contribution in [-0.2, 0) is 5.54 Å². The van der Waals surface area contributed by atoms with Gasteiger partial charge in [0.15, 0.2) is 0 Å². The molecule has 0 saturated heterocycles. The summed E-state index contributed by atoms with van der Waals surface area (Å²) in [6.45, 7) is 0. The van der Waals surface area contributed by atoms with Crippen LogP contribution < -0.4 is 15.4 Å². The Morgan fingerprint density at radius 3 is 2.28 bits per heavy atom. The molecule has 3 N–H and O–H groups in total. The highest BCUT2D eigenvalue weighted by atomic mass is 19.1. The summed E-state index contributed by atoms with van der Waals surface area (Å²) in [4.78, 5) is 38.8. The van der Waals surface area contributed by atoms with E-state index in [-0.39, 0.29) is 44.6 Å². The lowest BCUT2D eigenvalue weighted by atomic mass is 9.96. The maximum absolute atomic E-state index is 13.6. The highest BCUT2D eigenvalue weighted by Crippen LogP contribution is 2.46. The standard InChI is InChI=1S/C33H26FN3O6/c1-35-32(39)29-24-17-23(26(37(40)41)18-28(24)43-30(29)19-8-11-22(34)12-9-19)20-10-13-27(42-2)25(16-20)31(38)36-33(14-15-33)21-6-4-3-5-7-21/h3-13,16-18H,14-15H2,1-2H3,(H2-,35,36,38,39,40,41)/p+1. The molecule has 216 valence electrons. The summed E-state index contributed by atoms with van der Waals surface area (Å²) in [7, 11) is 2.92. The number of amides is 2. The predicted molar refractivity (Wildman–Crippen MR) is 157 cm³/mol. The van der Waals surface area contributed by atoms with Crippen LogP contribution in [0, 0.1) is 10.7 Å². The predicted octanol–water partition coefficient (Wildman–Crippen LogP) is 6.49. The Labute approximate surface area is 245 Å². The lowest BCUT2D eigenvalue weighted by molar-refractivity contribution is -0.729. The normalized spacial score (nSPS) is 13.4. The quantitative estimate of drug-likeness (QED) is 0.180. The highest BCUT2D eigenvalue weighted by Gasteiger charge is 2.46. The number of halogens is 1. The zero-order chi connectivity index (χ0) is 30.3. The van der Waals surface area contributed by atoms with Crippen molar-refractivity contribution in [3.8, 4) is 28.2 Å². The number of furan rings is 1. The molecule has 4 aromatic carbocycles. The minimum atomic E-state index is -0.476. The van der Waals surface area contributed by atoms with Crippen LogP contribution in [0.5, 0.6) is 5.75 Å². The van der Waals surface area contributed by atoms with Crippen molar-refractivity contribution in [3.63, 3.8) is 0 Å². The molecule has 0 unspecified atom stereocenters. The molecule has 2 amide bonds. The van der Waals surface area contributed by atoms with E-state index in [4.69, 9.17) is 9.15 Å². The summed E-state index contributed by atoms with van der Waals surface area (Å²) in [5.41, 5.74) is 2.00. The average molecular weight is 581 g/mol. The number of benzene rings is 4. The van der Waals surface area contributed by atoms with Gasteiger partial charge in [0.25, 0.3) is 16.7 Å². The van der Waals surface area contributed by atoms with Crippen LogP contribution in [0.25, 0.3) is 33.4 Å². The number of carbonyl (C=O) groups is 2. The van der Waals surface area contributed by atoms with Crippen LogP contribution in [0.3, 0.4) is 0 Å². The van der Waals surface area contributed by atoms with Gasteiger partial charge in [-0.3, -0.25) is 9.59 Å². The summed E-state index contributed by atoms with van der Waals surface area (Å²) in [6, 6.07) is 22.8. The van der Waals surface area contributed by atoms with Gasteiger partial charge in [0, 0.05) is 18.0 Å². The molecule has 0 atom stereocenters. The van der Waals surface area contributed by atoms with Crippen molar-refractivity contribution in [2.75, 3.05) is 14.2 Å². The molecule has 10 heteroatoms. The second-order valence-corrected chi connectivity index (χ2v) is 10.3. The monoisotopic (exact) mass is 580 g/mol. The fourth-order valence-electron chi connectivity index (χ4n) is 5.38. The number of hydrogen-bond acceptors (Lipinski definition) is 5. The summed E-state index contributed by atoms with van der Waals surface area (Å²) in [5, 5.41) is 16.2. The zero-order valence-corrected chi connectivity index (χ0v) is 23.3. The van der Waals surface area contributed by atoms with Crippen LogP contribution in [0.4, 0.5) is 10.1 Å². The van der Waals surface area contributed by atoms with E-state index in [2.05, 4.69) is 10.6 Å². The molecular weight excluding hydrogens is 553 g/mol. The SMILES string of the molecule is CNC(=O)c1c(-c2ccc(F)cc2)oc2cc([N+](=O)O)c(-c3ccc(OC)c(C(=O)NC4(c5ccccc5)CC4)c3)cc12. The van der Waals surface area contributed by atoms with Crippen LogP contribution >= 0.6 is 0 Å². The fraction of sp³-hybridized carbons (Fsp3) is 0.152. The van der Waals surface area contributed by atoms with Crippen LogP contribution in [-0.4, -0.2) is 36.1 Å². The van der Waals surface area contributed by atoms with Crippen LogP contribution in [0.15, 0.2) is 89.3 Å². The van der Waals surface area contributed by atoms with E-state index in [1.54, 1.807) is 24.3 Å². The molecule has 1 aliphatic carbocycles. The van der Waals surface area contributed by atoms with E-state index in [9.17, 15) is 24.1 Å². The van der Waals surface area contributed by atoms with Gasteiger partial charge in [0.2, 0.25) is 0 Å². The number of rotatable bonds is 8. The maximum Gasteiger partial charge on any atom is 0.328 e. The average Bonchev–Trinajstić information content (AvgIpc) is 3.71. The third-order valence-corrected chi connectivity index (χ3v) is 7.76. The summed E-state index contributed by atoms with van der Waals surface area (Å²) in [5.74, 6) is -0.797. The van der Waals surface area contributed by atoms with Gasteiger partial charge in [-0.15, -0.1) is 0 Å². The molecule has 1 aliphatic rings. The van der Waals surface area contributed by atoms with Gasteiger partial charge < -0.3 is 19.8 Å². The molecule has 0 bridgehead atoms. The van der Waals surface area contributed by atoms with E-state index < -0.39 is 17.3 Å². The first-order valence-electron chi connectivity index (χ1n) is 13.6. The highest BCUT2D eigenvalue weighted by molar-refractivity contribution is 6.12. The smallest absolute Gasteiger partial charge is 0.328 e. The number of nitrogens with one attached hydrogen (secondary N) is 2. The molecule has 0 radical (unpaired) electrons. The molecule has 1 fully saturated rings. The van der Waals surface area contributed by atoms with Crippen molar-refractivity contribution in [1.29, 1.82) is 0 Å². The second kappa shape index (κ2) is 10.7. The number of methoxy groups -OCH3 is 1. The molecule has 1 saturated carbocycles. The first-order chi connectivity index (χ1) is 20.7. The summed E-state index contributed by atoms with van der Waals surface area (Å²) >= 11 is 0. The van der Waals surface area contributed by atoms with Gasteiger partial charge in [-0.25, -0.2) is 9.60 Å². The summed E-state index contributed by atoms with van der Waals surface area (Å²) < 4.78 is 25.1. The van der Waals surface area contributed by atoms with Gasteiger partial charge in [0.1, 0.15) is 22.9 Å². The molecular formula is C33H27FN3O6+. The molecule has 9 nitrogen and oxygen atoms in total. The van der Waals surface area contributed by atoms with Crippen molar-refractivity contribution < 1.29 is 33.3 Å². The van der Waals surface area contributed by atoms with E-state index in [0.717, 1.165) is 18.4 Å². The Balaban J connectivity index is 1.48. The Bertz CT molecular complexity index is 1900. The lowest BCUT2D eigenvalue weighted by Crippen LogP contribution is -2.35. The van der Waals surface area contributed by atoms with Gasteiger partial charge in [0.05, 0.1) is 40.3 Å². The third kappa shape index (κ3) is 4.97.